The molecular weight excluding hydrogens is 406 g/mol. The summed E-state index contributed by atoms with van der Waals surface area (Å²) in [4.78, 5) is 30.3. The van der Waals surface area contributed by atoms with Crippen LogP contribution in [0.25, 0.3) is 11.4 Å². The van der Waals surface area contributed by atoms with Gasteiger partial charge in [0.2, 0.25) is 5.91 Å². The van der Waals surface area contributed by atoms with Crippen molar-refractivity contribution < 1.29 is 23.1 Å². The number of nitrogens with one attached hydrogen (secondary N) is 2. The van der Waals surface area contributed by atoms with E-state index in [9.17, 15) is 18.4 Å². The molecule has 3 rings (SSSR count). The van der Waals surface area contributed by atoms with Crippen molar-refractivity contribution in [2.24, 2.45) is 5.41 Å². The van der Waals surface area contributed by atoms with Gasteiger partial charge in [-0.05, 0) is 37.5 Å². The fourth-order valence-electron chi connectivity index (χ4n) is 3.48. The number of amides is 2. The minimum atomic E-state index is -0.994. The van der Waals surface area contributed by atoms with E-state index in [1.165, 1.54) is 6.07 Å². The summed E-state index contributed by atoms with van der Waals surface area (Å²) in [6.45, 7) is 10.2. The van der Waals surface area contributed by atoms with E-state index >= 15 is 0 Å². The minimum absolute atomic E-state index is 0.0806. The third-order valence-electron chi connectivity index (χ3n) is 5.00. The third-order valence-corrected chi connectivity index (χ3v) is 5.00. The van der Waals surface area contributed by atoms with Gasteiger partial charge in [0.05, 0.1) is 18.9 Å². The van der Waals surface area contributed by atoms with Crippen molar-refractivity contribution in [1.82, 2.24) is 20.2 Å². The predicted molar refractivity (Wildman–Crippen MR) is 111 cm³/mol. The van der Waals surface area contributed by atoms with Crippen molar-refractivity contribution in [2.75, 3.05) is 6.61 Å². The van der Waals surface area contributed by atoms with Crippen LogP contribution < -0.4 is 10.6 Å². The molecule has 0 bridgehead atoms. The molecule has 31 heavy (non-hydrogen) atoms. The van der Waals surface area contributed by atoms with Gasteiger partial charge in [0, 0.05) is 18.2 Å². The zero-order chi connectivity index (χ0) is 22.9. The van der Waals surface area contributed by atoms with Gasteiger partial charge >= 0.3 is 0 Å². The molecule has 7 nitrogen and oxygen atoms in total. The summed E-state index contributed by atoms with van der Waals surface area (Å²) in [5.74, 6) is -2.42. The van der Waals surface area contributed by atoms with E-state index in [0.717, 1.165) is 12.1 Å². The Morgan fingerprint density at radius 1 is 1.16 bits per heavy atom. The van der Waals surface area contributed by atoms with Gasteiger partial charge in [-0.2, -0.15) is 0 Å². The molecule has 2 amide bonds. The molecule has 0 radical (unpaired) electrons. The van der Waals surface area contributed by atoms with E-state index in [-0.39, 0.29) is 24.2 Å². The van der Waals surface area contributed by atoms with Crippen LogP contribution in [0.15, 0.2) is 18.2 Å². The minimum Gasteiger partial charge on any atom is -0.373 e. The van der Waals surface area contributed by atoms with Gasteiger partial charge in [-0.15, -0.1) is 0 Å². The van der Waals surface area contributed by atoms with Gasteiger partial charge in [0.15, 0.2) is 17.3 Å². The van der Waals surface area contributed by atoms with E-state index in [4.69, 9.17) is 4.74 Å². The van der Waals surface area contributed by atoms with Crippen molar-refractivity contribution in [3.63, 3.8) is 0 Å². The summed E-state index contributed by atoms with van der Waals surface area (Å²) in [7, 11) is 0. The standard InChI is InChI=1S/C22H28F2N4O3/c1-12(2)25-21(30)18(22(3,4)5)27-20(29)17-16-11-31-9-8-28(16)19(26-17)13-6-7-14(23)15(24)10-13/h6-7,10,12,18H,8-9,11H2,1-5H3,(H,25,30)(H,27,29). The monoisotopic (exact) mass is 434 g/mol. The Balaban J connectivity index is 1.98. The smallest absolute Gasteiger partial charge is 0.272 e. The number of carbonyl (C=O) groups is 2. The molecule has 9 heteroatoms. The number of imidazole rings is 1. The fourth-order valence-corrected chi connectivity index (χ4v) is 3.48. The lowest BCUT2D eigenvalue weighted by atomic mass is 9.86. The molecule has 1 unspecified atom stereocenters. The van der Waals surface area contributed by atoms with Crippen LogP contribution in [-0.2, 0) is 22.7 Å². The van der Waals surface area contributed by atoms with Gasteiger partial charge in [-0.1, -0.05) is 20.8 Å². The summed E-state index contributed by atoms with van der Waals surface area (Å²) < 4.78 is 34.4. The van der Waals surface area contributed by atoms with Crippen molar-refractivity contribution in [2.45, 2.75) is 59.9 Å². The summed E-state index contributed by atoms with van der Waals surface area (Å²) in [6.07, 6.45) is 0. The third kappa shape index (κ3) is 4.92. The number of rotatable bonds is 5. The molecule has 2 N–H and O–H groups in total. The molecule has 0 spiro atoms. The van der Waals surface area contributed by atoms with E-state index in [2.05, 4.69) is 15.6 Å². The van der Waals surface area contributed by atoms with E-state index in [1.807, 2.05) is 34.6 Å². The highest BCUT2D eigenvalue weighted by Crippen LogP contribution is 2.27. The number of halogens is 2. The lowest BCUT2D eigenvalue weighted by Crippen LogP contribution is -2.54. The summed E-state index contributed by atoms with van der Waals surface area (Å²) >= 11 is 0. The number of aromatic nitrogens is 2. The zero-order valence-electron chi connectivity index (χ0n) is 18.4. The molecule has 0 aliphatic carbocycles. The molecule has 1 aliphatic heterocycles. The summed E-state index contributed by atoms with van der Waals surface area (Å²) in [6, 6.07) is 2.62. The van der Waals surface area contributed by atoms with Crippen molar-refractivity contribution in [1.29, 1.82) is 0 Å². The molecule has 1 aromatic carbocycles. The normalized spacial score (nSPS) is 14.8. The molecule has 0 fully saturated rings. The highest BCUT2D eigenvalue weighted by Gasteiger charge is 2.35. The summed E-state index contributed by atoms with van der Waals surface area (Å²) in [5, 5.41) is 5.63. The first-order valence-corrected chi connectivity index (χ1v) is 10.2. The Morgan fingerprint density at radius 3 is 2.48 bits per heavy atom. The number of hydrogen-bond donors (Lipinski definition) is 2. The first kappa shape index (κ1) is 22.9. The maximum Gasteiger partial charge on any atom is 0.272 e. The maximum absolute atomic E-state index is 13.8. The Hall–Kier alpha value is -2.81. The van der Waals surface area contributed by atoms with Crippen LogP contribution in [0.3, 0.4) is 0 Å². The fraction of sp³-hybridized carbons (Fsp3) is 0.500. The number of ether oxygens (including phenoxy) is 1. The highest BCUT2D eigenvalue weighted by atomic mass is 19.2. The van der Waals surface area contributed by atoms with Crippen molar-refractivity contribution in [3.05, 3.63) is 41.2 Å². The average molecular weight is 434 g/mol. The number of fused-ring (bicyclic) bond motifs is 1. The maximum atomic E-state index is 13.8. The van der Waals surface area contributed by atoms with Crippen LogP contribution in [0.5, 0.6) is 0 Å². The Kier molecular flexibility index (Phi) is 6.45. The quantitative estimate of drug-likeness (QED) is 0.758. The molecule has 0 saturated heterocycles. The van der Waals surface area contributed by atoms with Gasteiger partial charge in [0.1, 0.15) is 11.9 Å². The number of carbonyl (C=O) groups excluding carboxylic acids is 2. The van der Waals surface area contributed by atoms with Crippen LogP contribution in [0.1, 0.15) is 50.8 Å². The molecule has 2 aromatic rings. The molecule has 2 heterocycles. The second kappa shape index (κ2) is 8.74. The van der Waals surface area contributed by atoms with Gasteiger partial charge < -0.3 is 19.9 Å². The molecule has 1 atom stereocenters. The van der Waals surface area contributed by atoms with Crippen LogP contribution in [0.2, 0.25) is 0 Å². The number of benzene rings is 1. The van der Waals surface area contributed by atoms with Gasteiger partial charge in [-0.3, -0.25) is 9.59 Å². The number of hydrogen-bond acceptors (Lipinski definition) is 4. The molecule has 1 aromatic heterocycles. The van der Waals surface area contributed by atoms with E-state index in [0.29, 0.717) is 30.2 Å². The van der Waals surface area contributed by atoms with Gasteiger partial charge in [-0.25, -0.2) is 13.8 Å². The van der Waals surface area contributed by atoms with Gasteiger partial charge in [0.25, 0.3) is 5.91 Å². The van der Waals surface area contributed by atoms with Crippen LogP contribution in [-0.4, -0.2) is 40.1 Å². The Morgan fingerprint density at radius 2 is 1.87 bits per heavy atom. The highest BCUT2D eigenvalue weighted by molar-refractivity contribution is 5.98. The van der Waals surface area contributed by atoms with Crippen LogP contribution >= 0.6 is 0 Å². The molecular formula is C22H28F2N4O3. The predicted octanol–water partition coefficient (Wildman–Crippen LogP) is 3.03. The largest absolute Gasteiger partial charge is 0.373 e. The first-order chi connectivity index (χ1) is 14.5. The Bertz CT molecular complexity index is 995. The molecule has 0 saturated carbocycles. The molecule has 168 valence electrons. The topological polar surface area (TPSA) is 85.3 Å². The van der Waals surface area contributed by atoms with Crippen LogP contribution in [0.4, 0.5) is 8.78 Å². The Labute approximate surface area is 180 Å². The average Bonchev–Trinajstić information content (AvgIpc) is 3.06. The lowest BCUT2D eigenvalue weighted by molar-refractivity contribution is -0.125. The first-order valence-electron chi connectivity index (χ1n) is 10.2. The van der Waals surface area contributed by atoms with Crippen molar-refractivity contribution in [3.8, 4) is 11.4 Å². The van der Waals surface area contributed by atoms with E-state index in [1.54, 1.807) is 4.57 Å². The second-order valence-corrected chi connectivity index (χ2v) is 9.00. The second-order valence-electron chi connectivity index (χ2n) is 9.00. The molecule has 1 aliphatic rings. The SMILES string of the molecule is CC(C)NC(=O)C(NC(=O)c1nc(-c2ccc(F)c(F)c2)n2c1COCC2)C(C)(C)C. The summed E-state index contributed by atoms with van der Waals surface area (Å²) in [5.41, 5.74) is 0.436. The number of nitrogens with zero attached hydrogens (tertiary/aromatic N) is 2. The van der Waals surface area contributed by atoms with E-state index < -0.39 is 29.0 Å². The van der Waals surface area contributed by atoms with Crippen molar-refractivity contribution >= 4 is 11.8 Å². The zero-order valence-corrected chi connectivity index (χ0v) is 18.4. The lowest BCUT2D eigenvalue weighted by Gasteiger charge is -2.31. The van der Waals surface area contributed by atoms with Crippen LogP contribution in [0, 0.1) is 17.0 Å².